The molecule has 1 unspecified atom stereocenters. The second-order valence-electron chi connectivity index (χ2n) is 5.88. The van der Waals surface area contributed by atoms with Crippen LogP contribution in [0.5, 0.6) is 0 Å². The highest BCUT2D eigenvalue weighted by molar-refractivity contribution is 5.94. The highest BCUT2D eigenvalue weighted by atomic mass is 16.2. The van der Waals surface area contributed by atoms with Gasteiger partial charge in [-0.05, 0) is 55.5 Å². The topological polar surface area (TPSA) is 101 Å². The molecule has 1 aliphatic rings. The first kappa shape index (κ1) is 16.3. The minimum atomic E-state index is -0.349. The highest BCUT2D eigenvalue weighted by Gasteiger charge is 2.22. The van der Waals surface area contributed by atoms with Gasteiger partial charge in [0.05, 0.1) is 0 Å². The normalized spacial score (nSPS) is 19.6. The van der Waals surface area contributed by atoms with E-state index in [2.05, 4.69) is 11.4 Å². The lowest BCUT2D eigenvalue weighted by molar-refractivity contribution is -0.120. The molecular formula is C16H24N4O2. The molecule has 1 aliphatic heterocycles. The first-order valence-electron chi connectivity index (χ1n) is 7.59. The van der Waals surface area contributed by atoms with E-state index in [1.807, 2.05) is 13.0 Å². The standard InChI is InChI=1S/C16H24N4O2/c1-10-7-13-8-12(5-6-17)14(18)9-11(13)3-4-15(21)19-16(22)20(10)2/h8-10H,3-7,17-18H2,1-2H3,(H,19,21,22). The van der Waals surface area contributed by atoms with Gasteiger partial charge in [-0.3, -0.25) is 10.1 Å². The maximum absolute atomic E-state index is 11.9. The van der Waals surface area contributed by atoms with Gasteiger partial charge in [0.2, 0.25) is 5.91 Å². The number of benzene rings is 1. The van der Waals surface area contributed by atoms with Gasteiger partial charge in [-0.15, -0.1) is 0 Å². The average molecular weight is 304 g/mol. The minimum Gasteiger partial charge on any atom is -0.398 e. The Balaban J connectivity index is 2.39. The number of carbonyl (C=O) groups is 2. The molecule has 0 saturated carbocycles. The van der Waals surface area contributed by atoms with E-state index in [0.717, 1.165) is 35.2 Å². The third kappa shape index (κ3) is 3.57. The molecule has 1 atom stereocenters. The Morgan fingerprint density at radius 3 is 2.68 bits per heavy atom. The Morgan fingerprint density at radius 1 is 1.27 bits per heavy atom. The van der Waals surface area contributed by atoms with Gasteiger partial charge in [-0.2, -0.15) is 0 Å². The summed E-state index contributed by atoms with van der Waals surface area (Å²) in [6.45, 7) is 2.51. The van der Waals surface area contributed by atoms with E-state index in [1.54, 1.807) is 11.9 Å². The lowest BCUT2D eigenvalue weighted by Crippen LogP contribution is -2.46. The summed E-state index contributed by atoms with van der Waals surface area (Å²) in [6.07, 6.45) is 2.31. The predicted octanol–water partition coefficient (Wildman–Crippen LogP) is 0.815. The predicted molar refractivity (Wildman–Crippen MR) is 86.4 cm³/mol. The number of hydrogen-bond donors (Lipinski definition) is 3. The molecule has 6 nitrogen and oxygen atoms in total. The van der Waals surface area contributed by atoms with Crippen LogP contribution in [0.15, 0.2) is 12.1 Å². The van der Waals surface area contributed by atoms with Gasteiger partial charge in [-0.1, -0.05) is 6.07 Å². The molecule has 2 rings (SSSR count). The number of hydrogen-bond acceptors (Lipinski definition) is 4. The molecule has 0 aliphatic carbocycles. The second-order valence-corrected chi connectivity index (χ2v) is 5.88. The van der Waals surface area contributed by atoms with E-state index < -0.39 is 0 Å². The summed E-state index contributed by atoms with van der Waals surface area (Å²) in [5.74, 6) is -0.262. The van der Waals surface area contributed by atoms with Crippen molar-refractivity contribution >= 4 is 17.6 Å². The number of nitrogens with zero attached hydrogens (tertiary/aromatic N) is 1. The number of anilines is 1. The molecule has 0 bridgehead atoms. The molecule has 0 spiro atoms. The summed E-state index contributed by atoms with van der Waals surface area (Å²) >= 11 is 0. The fourth-order valence-electron chi connectivity index (χ4n) is 2.73. The third-order valence-electron chi connectivity index (χ3n) is 4.24. The van der Waals surface area contributed by atoms with Crippen molar-refractivity contribution in [2.24, 2.45) is 5.73 Å². The van der Waals surface area contributed by atoms with Gasteiger partial charge in [-0.25, -0.2) is 4.79 Å². The van der Waals surface area contributed by atoms with Crippen LogP contribution in [0.4, 0.5) is 10.5 Å². The molecule has 1 aromatic rings. The van der Waals surface area contributed by atoms with Crippen molar-refractivity contribution in [3.63, 3.8) is 0 Å². The van der Waals surface area contributed by atoms with Gasteiger partial charge in [0.1, 0.15) is 0 Å². The van der Waals surface area contributed by atoms with Gasteiger partial charge < -0.3 is 16.4 Å². The van der Waals surface area contributed by atoms with Crippen molar-refractivity contribution < 1.29 is 9.59 Å². The fourth-order valence-corrected chi connectivity index (χ4v) is 2.73. The number of imide groups is 1. The van der Waals surface area contributed by atoms with Crippen LogP contribution in [0.1, 0.15) is 30.0 Å². The minimum absolute atomic E-state index is 0.0148. The zero-order chi connectivity index (χ0) is 16.3. The molecule has 0 fully saturated rings. The van der Waals surface area contributed by atoms with Crippen molar-refractivity contribution in [2.75, 3.05) is 19.3 Å². The molecule has 3 amide bonds. The van der Waals surface area contributed by atoms with Gasteiger partial charge >= 0.3 is 6.03 Å². The van der Waals surface area contributed by atoms with E-state index >= 15 is 0 Å². The Bertz CT molecular complexity index is 586. The summed E-state index contributed by atoms with van der Waals surface area (Å²) in [7, 11) is 1.70. The first-order valence-corrected chi connectivity index (χ1v) is 7.59. The van der Waals surface area contributed by atoms with Crippen LogP contribution in [0.25, 0.3) is 0 Å². The van der Waals surface area contributed by atoms with E-state index in [1.165, 1.54) is 0 Å². The van der Waals surface area contributed by atoms with E-state index in [-0.39, 0.29) is 24.4 Å². The third-order valence-corrected chi connectivity index (χ3v) is 4.24. The molecule has 5 N–H and O–H groups in total. The number of amides is 3. The van der Waals surface area contributed by atoms with Gasteiger partial charge in [0.15, 0.2) is 0 Å². The van der Waals surface area contributed by atoms with Crippen LogP contribution in [-0.4, -0.2) is 36.5 Å². The molecule has 6 heteroatoms. The number of nitrogens with two attached hydrogens (primary N) is 2. The number of aryl methyl sites for hydroxylation is 1. The summed E-state index contributed by atoms with van der Waals surface area (Å²) < 4.78 is 0. The molecule has 1 aromatic carbocycles. The van der Waals surface area contributed by atoms with Crippen LogP contribution < -0.4 is 16.8 Å². The number of likely N-dealkylation sites (N-methyl/N-ethyl adjacent to an activating group) is 1. The summed E-state index contributed by atoms with van der Waals surface area (Å²) in [6, 6.07) is 3.66. The number of nitrogens with one attached hydrogen (secondary N) is 1. The van der Waals surface area contributed by atoms with E-state index in [9.17, 15) is 9.59 Å². The summed E-state index contributed by atoms with van der Waals surface area (Å²) in [5.41, 5.74) is 15.7. The molecule has 120 valence electrons. The smallest absolute Gasteiger partial charge is 0.324 e. The maximum atomic E-state index is 11.9. The number of urea groups is 1. The Morgan fingerprint density at radius 2 is 2.00 bits per heavy atom. The Hall–Kier alpha value is -2.08. The Labute approximate surface area is 130 Å². The van der Waals surface area contributed by atoms with Crippen molar-refractivity contribution in [2.45, 2.75) is 38.6 Å². The van der Waals surface area contributed by atoms with Gasteiger partial charge in [0, 0.05) is 25.2 Å². The zero-order valence-corrected chi connectivity index (χ0v) is 13.2. The zero-order valence-electron chi connectivity index (χ0n) is 13.2. The molecule has 0 saturated heterocycles. The van der Waals surface area contributed by atoms with Crippen LogP contribution in [0.2, 0.25) is 0 Å². The van der Waals surface area contributed by atoms with Crippen molar-refractivity contribution in [3.05, 3.63) is 28.8 Å². The molecule has 0 aromatic heterocycles. The van der Waals surface area contributed by atoms with Crippen LogP contribution in [0.3, 0.4) is 0 Å². The number of carbonyl (C=O) groups excluding carboxylic acids is 2. The number of fused-ring (bicyclic) bond motifs is 1. The van der Waals surface area contributed by atoms with Crippen molar-refractivity contribution in [1.29, 1.82) is 0 Å². The molecule has 0 radical (unpaired) electrons. The van der Waals surface area contributed by atoms with Crippen LogP contribution in [0, 0.1) is 0 Å². The van der Waals surface area contributed by atoms with Crippen LogP contribution >= 0.6 is 0 Å². The largest absolute Gasteiger partial charge is 0.398 e. The SMILES string of the molecule is CC1Cc2cc(CCN)c(N)cc2CCC(=O)NC(=O)N1C. The van der Waals surface area contributed by atoms with Crippen LogP contribution in [-0.2, 0) is 24.1 Å². The van der Waals surface area contributed by atoms with E-state index in [4.69, 9.17) is 11.5 Å². The molecule has 22 heavy (non-hydrogen) atoms. The highest BCUT2D eigenvalue weighted by Crippen LogP contribution is 2.23. The van der Waals surface area contributed by atoms with Crippen molar-refractivity contribution in [3.8, 4) is 0 Å². The van der Waals surface area contributed by atoms with E-state index in [0.29, 0.717) is 13.0 Å². The monoisotopic (exact) mass is 304 g/mol. The Kier molecular flexibility index (Phi) is 5.03. The lowest BCUT2D eigenvalue weighted by atomic mass is 9.92. The average Bonchev–Trinajstić information content (AvgIpc) is 2.47. The molecule has 1 heterocycles. The number of rotatable bonds is 2. The lowest BCUT2D eigenvalue weighted by Gasteiger charge is -2.27. The summed E-state index contributed by atoms with van der Waals surface area (Å²) in [5, 5.41) is 2.41. The van der Waals surface area contributed by atoms with Crippen molar-refractivity contribution in [1.82, 2.24) is 10.2 Å². The first-order chi connectivity index (χ1) is 10.4. The fraction of sp³-hybridized carbons (Fsp3) is 0.500. The number of nitrogen functional groups attached to an aromatic ring is 1. The maximum Gasteiger partial charge on any atom is 0.324 e. The second kappa shape index (κ2) is 6.79. The van der Waals surface area contributed by atoms with Gasteiger partial charge in [0.25, 0.3) is 0 Å². The quantitative estimate of drug-likeness (QED) is 0.704. The summed E-state index contributed by atoms with van der Waals surface area (Å²) in [4.78, 5) is 25.3. The molecular weight excluding hydrogens is 280 g/mol.